The number of hydrogen-bond donors (Lipinski definition) is 1. The Morgan fingerprint density at radius 2 is 1.68 bits per heavy atom. The molecule has 2 rings (SSSR count). The van der Waals surface area contributed by atoms with Crippen LogP contribution in [0.5, 0.6) is 0 Å². The third-order valence-electron chi connectivity index (χ3n) is 2.93. The number of aliphatic hydroxyl groups is 1. The summed E-state index contributed by atoms with van der Waals surface area (Å²) in [5, 5.41) is 8.68. The van der Waals surface area contributed by atoms with Gasteiger partial charge < -0.3 is 28.8 Å². The summed E-state index contributed by atoms with van der Waals surface area (Å²) < 4.78 is 27.0. The van der Waals surface area contributed by atoms with E-state index < -0.39 is 0 Å². The first-order valence-electron chi connectivity index (χ1n) is 6.99. The second-order valence-electron chi connectivity index (χ2n) is 4.91. The van der Waals surface area contributed by atoms with Crippen molar-refractivity contribution in [3.63, 3.8) is 0 Å². The largest absolute Gasteiger partial charge is 0.396 e. The minimum Gasteiger partial charge on any atom is -0.396 e. The molecule has 112 valence electrons. The second kappa shape index (κ2) is 8.84. The van der Waals surface area contributed by atoms with Crippen LogP contribution in [-0.2, 0) is 23.7 Å². The van der Waals surface area contributed by atoms with Crippen molar-refractivity contribution in [3.05, 3.63) is 0 Å². The molecule has 6 nitrogen and oxygen atoms in total. The van der Waals surface area contributed by atoms with Crippen LogP contribution in [0.25, 0.3) is 0 Å². The fourth-order valence-electron chi connectivity index (χ4n) is 1.58. The van der Waals surface area contributed by atoms with E-state index in [0.717, 1.165) is 26.1 Å². The van der Waals surface area contributed by atoms with Gasteiger partial charge in [0, 0.05) is 13.2 Å². The molecule has 19 heavy (non-hydrogen) atoms. The monoisotopic (exact) mass is 276 g/mol. The highest BCUT2D eigenvalue weighted by Gasteiger charge is 2.26. The van der Waals surface area contributed by atoms with Crippen molar-refractivity contribution in [1.29, 1.82) is 0 Å². The smallest absolute Gasteiger partial charge is 0.104 e. The molecule has 2 aliphatic rings. The fraction of sp³-hybridized carbons (Fsp3) is 1.00. The Morgan fingerprint density at radius 3 is 2.37 bits per heavy atom. The number of rotatable bonds is 13. The molecule has 1 N–H and O–H groups in total. The number of epoxide rings is 2. The van der Waals surface area contributed by atoms with Gasteiger partial charge in [0.15, 0.2) is 0 Å². The lowest BCUT2D eigenvalue weighted by Crippen LogP contribution is -2.28. The predicted molar refractivity (Wildman–Crippen MR) is 67.2 cm³/mol. The molecule has 0 aromatic heterocycles. The highest BCUT2D eigenvalue weighted by Crippen LogP contribution is 2.12. The SMILES string of the molecule is OCCCCOCC(COCC1CO1)OCC1CO1. The molecular formula is C13H24O6. The van der Waals surface area contributed by atoms with Crippen molar-refractivity contribution in [2.45, 2.75) is 31.2 Å². The highest BCUT2D eigenvalue weighted by molar-refractivity contribution is 4.70. The third kappa shape index (κ3) is 7.81. The molecule has 2 heterocycles. The maximum Gasteiger partial charge on any atom is 0.104 e. The molecule has 3 unspecified atom stereocenters. The zero-order chi connectivity index (χ0) is 13.3. The molecule has 0 amide bonds. The molecule has 0 bridgehead atoms. The summed E-state index contributed by atoms with van der Waals surface area (Å²) in [6.07, 6.45) is 2.11. The van der Waals surface area contributed by atoms with Crippen LogP contribution in [0.1, 0.15) is 12.8 Å². The van der Waals surface area contributed by atoms with Crippen LogP contribution in [0.3, 0.4) is 0 Å². The van der Waals surface area contributed by atoms with Crippen molar-refractivity contribution in [3.8, 4) is 0 Å². The first-order chi connectivity index (χ1) is 9.38. The summed E-state index contributed by atoms with van der Waals surface area (Å²) in [7, 11) is 0. The van der Waals surface area contributed by atoms with Gasteiger partial charge in [-0.15, -0.1) is 0 Å². The second-order valence-corrected chi connectivity index (χ2v) is 4.91. The van der Waals surface area contributed by atoms with E-state index >= 15 is 0 Å². The fourth-order valence-corrected chi connectivity index (χ4v) is 1.58. The predicted octanol–water partition coefficient (Wildman–Crippen LogP) is -0.0251. The number of unbranched alkanes of at least 4 members (excludes halogenated alkanes) is 1. The van der Waals surface area contributed by atoms with Crippen molar-refractivity contribution >= 4 is 0 Å². The van der Waals surface area contributed by atoms with Crippen molar-refractivity contribution in [2.24, 2.45) is 0 Å². The van der Waals surface area contributed by atoms with Gasteiger partial charge >= 0.3 is 0 Å². The zero-order valence-corrected chi connectivity index (χ0v) is 11.3. The normalized spacial score (nSPS) is 26.4. The average Bonchev–Trinajstić information content (AvgIpc) is 3.27. The van der Waals surface area contributed by atoms with Crippen LogP contribution in [0.15, 0.2) is 0 Å². The van der Waals surface area contributed by atoms with Crippen LogP contribution in [0, 0.1) is 0 Å². The molecule has 0 aromatic rings. The molecule has 6 heteroatoms. The maximum atomic E-state index is 8.68. The number of hydrogen-bond acceptors (Lipinski definition) is 6. The molecule has 0 saturated carbocycles. The van der Waals surface area contributed by atoms with Gasteiger partial charge in [-0.2, -0.15) is 0 Å². The lowest BCUT2D eigenvalue weighted by Gasteiger charge is -2.17. The van der Waals surface area contributed by atoms with Crippen LogP contribution < -0.4 is 0 Å². The topological polar surface area (TPSA) is 73.0 Å². The van der Waals surface area contributed by atoms with Gasteiger partial charge in [0.1, 0.15) is 18.3 Å². The summed E-state index contributed by atoms with van der Waals surface area (Å²) in [4.78, 5) is 0. The Labute approximate surface area is 113 Å². The van der Waals surface area contributed by atoms with Gasteiger partial charge in [-0.25, -0.2) is 0 Å². The van der Waals surface area contributed by atoms with E-state index in [1.54, 1.807) is 0 Å². The van der Waals surface area contributed by atoms with Crippen LogP contribution in [-0.4, -0.2) is 76.3 Å². The molecule has 0 aliphatic carbocycles. The lowest BCUT2D eigenvalue weighted by molar-refractivity contribution is -0.0651. The summed E-state index contributed by atoms with van der Waals surface area (Å²) in [6, 6.07) is 0. The first-order valence-corrected chi connectivity index (χ1v) is 6.99. The Morgan fingerprint density at radius 1 is 1.00 bits per heavy atom. The van der Waals surface area contributed by atoms with Gasteiger partial charge in [0.2, 0.25) is 0 Å². The molecule has 0 aromatic carbocycles. The Hall–Kier alpha value is -0.240. The first kappa shape index (κ1) is 15.2. The Kier molecular flexibility index (Phi) is 7.05. The Bertz CT molecular complexity index is 229. The van der Waals surface area contributed by atoms with Gasteiger partial charge in [0.25, 0.3) is 0 Å². The van der Waals surface area contributed by atoms with E-state index in [0.29, 0.717) is 33.0 Å². The van der Waals surface area contributed by atoms with E-state index in [4.69, 9.17) is 28.8 Å². The number of ether oxygens (including phenoxy) is 5. The summed E-state index contributed by atoms with van der Waals surface area (Å²) in [5.74, 6) is 0. The highest BCUT2D eigenvalue weighted by atomic mass is 16.6. The molecule has 2 saturated heterocycles. The summed E-state index contributed by atoms with van der Waals surface area (Å²) >= 11 is 0. The molecule has 2 aliphatic heterocycles. The van der Waals surface area contributed by atoms with E-state index in [1.807, 2.05) is 0 Å². The standard InChI is InChI=1S/C13H24O6/c14-3-1-2-4-15-5-11(17-9-13-10-19-13)6-16-7-12-8-18-12/h11-14H,1-10H2. The molecule has 2 fully saturated rings. The van der Waals surface area contributed by atoms with E-state index in [9.17, 15) is 0 Å². The van der Waals surface area contributed by atoms with Crippen LogP contribution >= 0.6 is 0 Å². The quantitative estimate of drug-likeness (QED) is 0.376. The van der Waals surface area contributed by atoms with Crippen molar-refractivity contribution in [2.75, 3.05) is 52.9 Å². The zero-order valence-electron chi connectivity index (χ0n) is 11.3. The average molecular weight is 276 g/mol. The van der Waals surface area contributed by atoms with E-state index in [1.165, 1.54) is 0 Å². The Balaban J connectivity index is 1.51. The van der Waals surface area contributed by atoms with Gasteiger partial charge in [-0.1, -0.05) is 0 Å². The van der Waals surface area contributed by atoms with E-state index in [2.05, 4.69) is 0 Å². The summed E-state index contributed by atoms with van der Waals surface area (Å²) in [6.45, 7) is 4.73. The molecule has 3 atom stereocenters. The van der Waals surface area contributed by atoms with E-state index in [-0.39, 0.29) is 24.9 Å². The number of aliphatic hydroxyl groups excluding tert-OH is 1. The lowest BCUT2D eigenvalue weighted by atomic mass is 10.3. The van der Waals surface area contributed by atoms with Crippen LogP contribution in [0.2, 0.25) is 0 Å². The minimum absolute atomic E-state index is 0.0583. The van der Waals surface area contributed by atoms with Crippen molar-refractivity contribution < 1.29 is 28.8 Å². The molecular weight excluding hydrogens is 252 g/mol. The van der Waals surface area contributed by atoms with Gasteiger partial charge in [0.05, 0.1) is 39.6 Å². The summed E-state index contributed by atoms with van der Waals surface area (Å²) in [5.41, 5.74) is 0. The molecule has 0 spiro atoms. The minimum atomic E-state index is -0.0583. The third-order valence-corrected chi connectivity index (χ3v) is 2.93. The molecule has 0 radical (unpaired) electrons. The maximum absolute atomic E-state index is 8.68. The van der Waals surface area contributed by atoms with Crippen molar-refractivity contribution in [1.82, 2.24) is 0 Å². The van der Waals surface area contributed by atoms with Gasteiger partial charge in [-0.3, -0.25) is 0 Å². The van der Waals surface area contributed by atoms with Crippen LogP contribution in [0.4, 0.5) is 0 Å². The van der Waals surface area contributed by atoms with Gasteiger partial charge in [-0.05, 0) is 12.8 Å².